The Bertz CT molecular complexity index is 1630. The fraction of sp³-hybridized carbons (Fsp3) is 0.125. The zero-order valence-electron chi connectivity index (χ0n) is 20.3. The molecule has 5 aromatic rings. The molecule has 182 valence electrons. The van der Waals surface area contributed by atoms with Crippen molar-refractivity contribution in [2.24, 2.45) is 10.1 Å². The molecular formula is C32H26ClN3S. The largest absolute Gasteiger partial charge is 0.218 e. The highest BCUT2D eigenvalue weighted by Crippen LogP contribution is 2.28. The summed E-state index contributed by atoms with van der Waals surface area (Å²) in [5.41, 5.74) is 8.97. The molecule has 0 atom stereocenters. The van der Waals surface area contributed by atoms with Gasteiger partial charge in [-0.2, -0.15) is 5.10 Å². The third-order valence-electron chi connectivity index (χ3n) is 6.70. The van der Waals surface area contributed by atoms with Gasteiger partial charge in [-0.25, -0.2) is 9.67 Å². The second-order valence-electron chi connectivity index (χ2n) is 9.13. The summed E-state index contributed by atoms with van der Waals surface area (Å²) in [6.45, 7) is 0. The van der Waals surface area contributed by atoms with Crippen LogP contribution in [0, 0.1) is 0 Å². The van der Waals surface area contributed by atoms with Crippen molar-refractivity contribution in [1.82, 2.24) is 4.68 Å². The lowest BCUT2D eigenvalue weighted by atomic mass is 10.0. The Labute approximate surface area is 226 Å². The monoisotopic (exact) mass is 519 g/mol. The molecule has 0 amide bonds. The molecule has 0 unspecified atom stereocenters. The Morgan fingerprint density at radius 3 is 2.19 bits per heavy atom. The zero-order chi connectivity index (χ0) is 25.0. The van der Waals surface area contributed by atoms with Crippen molar-refractivity contribution >= 4 is 34.3 Å². The van der Waals surface area contributed by atoms with Gasteiger partial charge >= 0.3 is 0 Å². The molecule has 6 rings (SSSR count). The summed E-state index contributed by atoms with van der Waals surface area (Å²) in [4.78, 5) is 5.74. The highest BCUT2D eigenvalue weighted by molar-refractivity contribution is 7.07. The van der Waals surface area contributed by atoms with Crippen molar-refractivity contribution < 1.29 is 0 Å². The van der Waals surface area contributed by atoms with Crippen LogP contribution in [0.4, 0.5) is 5.69 Å². The standard InChI is InChI=1S/C32H26ClN3S/c33-28-15-7-9-17-30(28)34-32-36(35-29-16-8-5-13-25-12-4-6-14-27(25)29)31(22-37-32)26-20-18-24(19-21-26)23-10-2-1-3-11-23/h1-4,6-7,9-12,14-15,17-22H,5,8,13,16H2. The molecule has 0 fully saturated rings. The summed E-state index contributed by atoms with van der Waals surface area (Å²) in [7, 11) is 0. The normalized spacial score (nSPS) is 14.9. The number of thiazole rings is 1. The lowest BCUT2D eigenvalue weighted by Gasteiger charge is -2.10. The number of hydrogen-bond donors (Lipinski definition) is 0. The van der Waals surface area contributed by atoms with E-state index in [0.717, 1.165) is 46.7 Å². The lowest BCUT2D eigenvalue weighted by Crippen LogP contribution is -2.15. The second-order valence-corrected chi connectivity index (χ2v) is 10.4. The summed E-state index contributed by atoms with van der Waals surface area (Å²) in [6.07, 6.45) is 4.33. The van der Waals surface area contributed by atoms with Gasteiger partial charge < -0.3 is 0 Å². The van der Waals surface area contributed by atoms with Crippen LogP contribution in [-0.2, 0) is 6.42 Å². The summed E-state index contributed by atoms with van der Waals surface area (Å²) in [6, 6.07) is 35.5. The SMILES string of the molecule is Clc1ccccc1N=c1scc(-c2ccc(-c3ccccc3)cc2)n1N=C1CCCCc2ccccc21. The van der Waals surface area contributed by atoms with Crippen LogP contribution < -0.4 is 4.80 Å². The molecule has 1 aliphatic carbocycles. The van der Waals surface area contributed by atoms with Crippen LogP contribution in [-0.4, -0.2) is 10.4 Å². The maximum absolute atomic E-state index is 6.47. The highest BCUT2D eigenvalue weighted by atomic mass is 35.5. The molecule has 5 heteroatoms. The van der Waals surface area contributed by atoms with Crippen molar-refractivity contribution in [3.05, 3.63) is 129 Å². The molecule has 0 saturated heterocycles. The van der Waals surface area contributed by atoms with E-state index in [1.54, 1.807) is 11.3 Å². The number of halogens is 1. The molecule has 4 aromatic carbocycles. The number of aromatic nitrogens is 1. The van der Waals surface area contributed by atoms with E-state index in [0.29, 0.717) is 5.02 Å². The van der Waals surface area contributed by atoms with Gasteiger partial charge in [0, 0.05) is 16.5 Å². The van der Waals surface area contributed by atoms with Gasteiger partial charge in [0.1, 0.15) is 0 Å². The molecule has 0 N–H and O–H groups in total. The van der Waals surface area contributed by atoms with Crippen LogP contribution in [0.1, 0.15) is 30.4 Å². The molecule has 1 heterocycles. The molecule has 0 spiro atoms. The van der Waals surface area contributed by atoms with Crippen molar-refractivity contribution in [2.45, 2.75) is 25.7 Å². The Morgan fingerprint density at radius 2 is 1.35 bits per heavy atom. The summed E-state index contributed by atoms with van der Waals surface area (Å²) in [5, 5.41) is 8.04. The van der Waals surface area contributed by atoms with Crippen LogP contribution in [0.15, 0.2) is 119 Å². The van der Waals surface area contributed by atoms with E-state index in [2.05, 4.69) is 78.2 Å². The molecule has 0 saturated carbocycles. The van der Waals surface area contributed by atoms with Gasteiger partial charge in [-0.15, -0.1) is 11.3 Å². The van der Waals surface area contributed by atoms with Gasteiger partial charge in [0.05, 0.1) is 22.1 Å². The predicted octanol–water partition coefficient (Wildman–Crippen LogP) is 8.75. The summed E-state index contributed by atoms with van der Waals surface area (Å²) >= 11 is 8.05. The number of rotatable bonds is 4. The first-order valence-electron chi connectivity index (χ1n) is 12.6. The van der Waals surface area contributed by atoms with E-state index in [1.807, 2.05) is 35.0 Å². The minimum atomic E-state index is 0.628. The van der Waals surface area contributed by atoms with E-state index in [1.165, 1.54) is 28.7 Å². The first-order valence-corrected chi connectivity index (χ1v) is 13.8. The Kier molecular flexibility index (Phi) is 6.85. The van der Waals surface area contributed by atoms with Crippen molar-refractivity contribution in [2.75, 3.05) is 0 Å². The number of fused-ring (bicyclic) bond motifs is 1. The van der Waals surface area contributed by atoms with Crippen LogP contribution in [0.25, 0.3) is 22.4 Å². The Morgan fingerprint density at radius 1 is 0.676 bits per heavy atom. The third-order valence-corrected chi connectivity index (χ3v) is 7.84. The Balaban J connectivity index is 1.51. The van der Waals surface area contributed by atoms with Crippen LogP contribution in [0.5, 0.6) is 0 Å². The van der Waals surface area contributed by atoms with E-state index in [-0.39, 0.29) is 0 Å². The van der Waals surface area contributed by atoms with Gasteiger partial charge in [-0.3, -0.25) is 0 Å². The first-order chi connectivity index (χ1) is 18.3. The minimum absolute atomic E-state index is 0.628. The number of benzene rings is 4. The zero-order valence-corrected chi connectivity index (χ0v) is 21.9. The maximum Gasteiger partial charge on any atom is 0.211 e. The average Bonchev–Trinajstić information content (AvgIpc) is 3.22. The van der Waals surface area contributed by atoms with Crippen molar-refractivity contribution in [1.29, 1.82) is 0 Å². The maximum atomic E-state index is 6.47. The van der Waals surface area contributed by atoms with Gasteiger partial charge in [-0.05, 0) is 54.5 Å². The number of para-hydroxylation sites is 1. The Hall–Kier alpha value is -3.73. The molecule has 0 aliphatic heterocycles. The summed E-state index contributed by atoms with van der Waals surface area (Å²) in [5.74, 6) is 0. The number of nitrogens with zero attached hydrogens (tertiary/aromatic N) is 3. The van der Waals surface area contributed by atoms with E-state index < -0.39 is 0 Å². The quantitative estimate of drug-likeness (QED) is 0.212. The van der Waals surface area contributed by atoms with Crippen molar-refractivity contribution in [3.8, 4) is 22.4 Å². The third kappa shape index (κ3) is 5.08. The van der Waals surface area contributed by atoms with Crippen LogP contribution in [0.2, 0.25) is 5.02 Å². The highest BCUT2D eigenvalue weighted by Gasteiger charge is 2.16. The van der Waals surface area contributed by atoms with Gasteiger partial charge in [0.15, 0.2) is 0 Å². The van der Waals surface area contributed by atoms with E-state index in [9.17, 15) is 0 Å². The van der Waals surface area contributed by atoms with E-state index in [4.69, 9.17) is 21.7 Å². The van der Waals surface area contributed by atoms with E-state index >= 15 is 0 Å². The lowest BCUT2D eigenvalue weighted by molar-refractivity contribution is 0.768. The molecule has 3 nitrogen and oxygen atoms in total. The first kappa shape index (κ1) is 23.7. The van der Waals surface area contributed by atoms with Crippen LogP contribution >= 0.6 is 22.9 Å². The molecule has 1 aliphatic rings. The predicted molar refractivity (Wildman–Crippen MR) is 156 cm³/mol. The molecule has 1 aromatic heterocycles. The van der Waals surface area contributed by atoms with Gasteiger partial charge in [-0.1, -0.05) is 103 Å². The fourth-order valence-corrected chi connectivity index (χ4v) is 5.79. The minimum Gasteiger partial charge on any atom is -0.218 e. The molecule has 37 heavy (non-hydrogen) atoms. The number of aryl methyl sites for hydroxylation is 1. The van der Waals surface area contributed by atoms with Gasteiger partial charge in [0.25, 0.3) is 0 Å². The average molecular weight is 520 g/mol. The fourth-order valence-electron chi connectivity index (χ4n) is 4.77. The second kappa shape index (κ2) is 10.7. The number of hydrogen-bond acceptors (Lipinski definition) is 3. The van der Waals surface area contributed by atoms with Crippen molar-refractivity contribution in [3.63, 3.8) is 0 Å². The molecular weight excluding hydrogens is 494 g/mol. The molecule has 0 radical (unpaired) electrons. The summed E-state index contributed by atoms with van der Waals surface area (Å²) < 4.78 is 2.00. The smallest absolute Gasteiger partial charge is 0.211 e. The van der Waals surface area contributed by atoms with Gasteiger partial charge in [0.2, 0.25) is 4.80 Å². The van der Waals surface area contributed by atoms with Crippen LogP contribution in [0.3, 0.4) is 0 Å². The topological polar surface area (TPSA) is 29.6 Å². The molecule has 0 bridgehead atoms.